The molecule has 52 heavy (non-hydrogen) atoms. The minimum atomic E-state index is -0.500. The third-order valence-corrected chi connectivity index (χ3v) is 10.6. The Bertz CT molecular complexity index is 2160. The quantitative estimate of drug-likeness (QED) is 0.0673. The van der Waals surface area contributed by atoms with E-state index in [0.717, 1.165) is 27.5 Å². The Kier molecular flexibility index (Phi) is 12.3. The molecule has 1 saturated heterocycles. The van der Waals surface area contributed by atoms with Gasteiger partial charge in [0, 0.05) is 51.6 Å². The fourth-order valence-corrected chi connectivity index (χ4v) is 7.51. The van der Waals surface area contributed by atoms with Crippen LogP contribution in [0.2, 0.25) is 5.02 Å². The number of nitrogens with zero attached hydrogens (tertiary/aromatic N) is 4. The Morgan fingerprint density at radius 3 is 2.58 bits per heavy atom. The average Bonchev–Trinajstić information content (AvgIpc) is 3.14. The zero-order valence-electron chi connectivity index (χ0n) is 29.3. The standard InChI is InChI=1S/C41H41ClFIN4O4/c1-4-12-28-13-7-9-17-35(28)48-36-24-30(32(42)23-31(36)40(45-41(48)50)47-20-19-46(25-27(47)3)38(49)5-2)39-33(43)15-10-18-37(39)52-22-11-21-51-26-29-14-6-8-16-34(29)44/h5-10,13-18,23-24,27H,2,4,11-12,19-22,25-26H2,1,3H3/t27-/m0/s1. The largest absolute Gasteiger partial charge is 0.493 e. The van der Waals surface area contributed by atoms with Gasteiger partial charge >= 0.3 is 5.69 Å². The summed E-state index contributed by atoms with van der Waals surface area (Å²) in [5, 5.41) is 0.922. The molecule has 6 rings (SSSR count). The highest BCUT2D eigenvalue weighted by molar-refractivity contribution is 14.1. The predicted octanol–water partition coefficient (Wildman–Crippen LogP) is 8.61. The fourth-order valence-electron chi connectivity index (χ4n) is 6.71. The van der Waals surface area contributed by atoms with Gasteiger partial charge in [-0.15, -0.1) is 0 Å². The van der Waals surface area contributed by atoms with Crippen LogP contribution in [0.3, 0.4) is 0 Å². The van der Waals surface area contributed by atoms with Gasteiger partial charge in [-0.05, 0) is 89.5 Å². The summed E-state index contributed by atoms with van der Waals surface area (Å²) in [6.45, 7) is 10.3. The molecular weight excluding hydrogens is 794 g/mol. The highest BCUT2D eigenvalue weighted by Crippen LogP contribution is 2.41. The SMILES string of the molecule is C=CC(=O)N1CCN(c2nc(=O)n(-c3ccccc3CCC)c3cc(-c4c(F)cccc4OCCCOCc4ccccc4I)c(Cl)cc23)[C@@H](C)C1. The van der Waals surface area contributed by atoms with Crippen LogP contribution in [0, 0.1) is 9.39 Å². The number of piperazine rings is 1. The maximum atomic E-state index is 15.9. The number of halogens is 3. The smallest absolute Gasteiger partial charge is 0.354 e. The first kappa shape index (κ1) is 37.5. The number of aryl methyl sites for hydroxylation is 1. The normalized spacial score (nSPS) is 14.5. The molecule has 0 N–H and O–H groups in total. The van der Waals surface area contributed by atoms with E-state index in [1.807, 2.05) is 60.4 Å². The van der Waals surface area contributed by atoms with Crippen molar-refractivity contribution in [2.45, 2.75) is 45.8 Å². The van der Waals surface area contributed by atoms with E-state index >= 15 is 4.39 Å². The molecule has 0 spiro atoms. The molecule has 2 heterocycles. The number of carbonyl (C=O) groups is 1. The van der Waals surface area contributed by atoms with Crippen molar-refractivity contribution in [2.24, 2.45) is 0 Å². The Balaban J connectivity index is 1.39. The molecule has 1 aromatic heterocycles. The number of anilines is 1. The van der Waals surface area contributed by atoms with E-state index < -0.39 is 11.5 Å². The highest BCUT2D eigenvalue weighted by Gasteiger charge is 2.30. The molecule has 5 aromatic rings. The first-order valence-electron chi connectivity index (χ1n) is 17.5. The van der Waals surface area contributed by atoms with Crippen LogP contribution in [0.4, 0.5) is 10.2 Å². The number of rotatable bonds is 13. The Morgan fingerprint density at radius 2 is 1.83 bits per heavy atom. The van der Waals surface area contributed by atoms with Crippen LogP contribution < -0.4 is 15.3 Å². The number of carbonyl (C=O) groups excluding carboxylic acids is 1. The van der Waals surface area contributed by atoms with Crippen LogP contribution in [0.25, 0.3) is 27.7 Å². The topological polar surface area (TPSA) is 76.9 Å². The van der Waals surface area contributed by atoms with Crippen molar-refractivity contribution in [1.29, 1.82) is 0 Å². The van der Waals surface area contributed by atoms with Crippen molar-refractivity contribution >= 4 is 56.8 Å². The maximum absolute atomic E-state index is 15.9. The summed E-state index contributed by atoms with van der Waals surface area (Å²) in [5.41, 5.74) is 3.48. The third kappa shape index (κ3) is 8.04. The van der Waals surface area contributed by atoms with Gasteiger partial charge in [-0.25, -0.2) is 9.18 Å². The summed E-state index contributed by atoms with van der Waals surface area (Å²) in [7, 11) is 0. The first-order chi connectivity index (χ1) is 25.2. The lowest BCUT2D eigenvalue weighted by Crippen LogP contribution is -2.54. The summed E-state index contributed by atoms with van der Waals surface area (Å²) in [6.07, 6.45) is 3.54. The number of amides is 1. The van der Waals surface area contributed by atoms with E-state index in [1.54, 1.807) is 33.7 Å². The van der Waals surface area contributed by atoms with Crippen LogP contribution in [0.5, 0.6) is 5.75 Å². The Morgan fingerprint density at radius 1 is 1.06 bits per heavy atom. The number of hydrogen-bond acceptors (Lipinski definition) is 6. The highest BCUT2D eigenvalue weighted by atomic mass is 127. The van der Waals surface area contributed by atoms with Crippen molar-refractivity contribution in [3.63, 3.8) is 0 Å². The minimum Gasteiger partial charge on any atom is -0.493 e. The number of ether oxygens (including phenoxy) is 2. The van der Waals surface area contributed by atoms with Gasteiger partial charge in [-0.1, -0.05) is 74.0 Å². The number of para-hydroxylation sites is 1. The van der Waals surface area contributed by atoms with Crippen LogP contribution in [-0.4, -0.2) is 59.2 Å². The van der Waals surface area contributed by atoms with Gasteiger partial charge in [-0.3, -0.25) is 9.36 Å². The van der Waals surface area contributed by atoms with Gasteiger partial charge in [0.15, 0.2) is 0 Å². The van der Waals surface area contributed by atoms with Gasteiger partial charge < -0.3 is 19.3 Å². The van der Waals surface area contributed by atoms with E-state index in [2.05, 4.69) is 41.1 Å². The van der Waals surface area contributed by atoms with Crippen LogP contribution >= 0.6 is 34.2 Å². The Hall–Kier alpha value is -4.26. The van der Waals surface area contributed by atoms with Crippen molar-refractivity contribution < 1.29 is 18.7 Å². The maximum Gasteiger partial charge on any atom is 0.354 e. The number of aromatic nitrogens is 2. The van der Waals surface area contributed by atoms with Gasteiger partial charge in [0.1, 0.15) is 17.4 Å². The summed E-state index contributed by atoms with van der Waals surface area (Å²) < 4.78 is 30.7. The van der Waals surface area contributed by atoms with E-state index in [-0.39, 0.29) is 22.5 Å². The molecule has 1 aliphatic heterocycles. The predicted molar refractivity (Wildman–Crippen MR) is 214 cm³/mol. The van der Waals surface area contributed by atoms with Gasteiger partial charge in [0.2, 0.25) is 5.91 Å². The molecule has 0 aliphatic carbocycles. The molecule has 0 saturated carbocycles. The molecule has 1 atom stereocenters. The van der Waals surface area contributed by atoms with E-state index in [0.29, 0.717) is 79.6 Å². The lowest BCUT2D eigenvalue weighted by Gasteiger charge is -2.40. The number of hydrogen-bond donors (Lipinski definition) is 0. The van der Waals surface area contributed by atoms with Gasteiger partial charge in [0.05, 0.1) is 36.6 Å². The van der Waals surface area contributed by atoms with Crippen LogP contribution in [0.15, 0.2) is 96.3 Å². The van der Waals surface area contributed by atoms with Crippen molar-refractivity contribution in [3.8, 4) is 22.6 Å². The molecule has 11 heteroatoms. The van der Waals surface area contributed by atoms with Gasteiger partial charge in [0.25, 0.3) is 0 Å². The van der Waals surface area contributed by atoms with Crippen LogP contribution in [-0.2, 0) is 22.6 Å². The second-order valence-electron chi connectivity index (χ2n) is 12.8. The molecule has 8 nitrogen and oxygen atoms in total. The fraction of sp³-hybridized carbons (Fsp3) is 0.293. The van der Waals surface area contributed by atoms with Crippen molar-refractivity contribution in [2.75, 3.05) is 37.7 Å². The lowest BCUT2D eigenvalue weighted by atomic mass is 10.0. The molecule has 4 aromatic carbocycles. The van der Waals surface area contributed by atoms with E-state index in [4.69, 9.17) is 21.1 Å². The van der Waals surface area contributed by atoms with Gasteiger partial charge in [-0.2, -0.15) is 4.98 Å². The number of fused-ring (bicyclic) bond motifs is 1. The van der Waals surface area contributed by atoms with Crippen molar-refractivity contribution in [3.05, 3.63) is 128 Å². The molecule has 270 valence electrons. The van der Waals surface area contributed by atoms with E-state index in [1.165, 1.54) is 12.1 Å². The molecule has 1 amide bonds. The summed E-state index contributed by atoms with van der Waals surface area (Å²) in [4.78, 5) is 35.0. The zero-order chi connectivity index (χ0) is 36.8. The lowest BCUT2D eigenvalue weighted by molar-refractivity contribution is -0.126. The zero-order valence-corrected chi connectivity index (χ0v) is 32.2. The second kappa shape index (κ2) is 17.0. The Labute approximate surface area is 322 Å². The average molecular weight is 835 g/mol. The number of benzene rings is 4. The minimum absolute atomic E-state index is 0.141. The van der Waals surface area contributed by atoms with Crippen LogP contribution in [0.1, 0.15) is 37.8 Å². The van der Waals surface area contributed by atoms with Crippen molar-refractivity contribution in [1.82, 2.24) is 14.5 Å². The summed E-state index contributed by atoms with van der Waals surface area (Å²) >= 11 is 9.36. The molecule has 0 radical (unpaired) electrons. The molecule has 1 aliphatic rings. The summed E-state index contributed by atoms with van der Waals surface area (Å²) in [6, 6.07) is 23.9. The first-order valence-corrected chi connectivity index (χ1v) is 18.9. The monoisotopic (exact) mass is 834 g/mol. The second-order valence-corrected chi connectivity index (χ2v) is 14.3. The molecule has 1 fully saturated rings. The molecule has 0 unspecified atom stereocenters. The molecule has 0 bridgehead atoms. The third-order valence-electron chi connectivity index (χ3n) is 9.25. The molecular formula is C41H41ClFIN4O4. The summed E-state index contributed by atoms with van der Waals surface area (Å²) in [5.74, 6) is 0.160. The van der Waals surface area contributed by atoms with E-state index in [9.17, 15) is 9.59 Å².